The normalized spacial score (nSPS) is 10.7. The van der Waals surface area contributed by atoms with Crippen molar-refractivity contribution in [3.63, 3.8) is 0 Å². The summed E-state index contributed by atoms with van der Waals surface area (Å²) in [6.45, 7) is 8.77. The van der Waals surface area contributed by atoms with Gasteiger partial charge < -0.3 is 11.1 Å². The van der Waals surface area contributed by atoms with Crippen molar-refractivity contribution in [3.05, 3.63) is 23.0 Å². The summed E-state index contributed by atoms with van der Waals surface area (Å²) >= 11 is 0. The van der Waals surface area contributed by atoms with Crippen molar-refractivity contribution in [1.82, 2.24) is 4.98 Å². The van der Waals surface area contributed by atoms with Crippen LogP contribution in [0.2, 0.25) is 0 Å². The lowest BCUT2D eigenvalue weighted by Gasteiger charge is -2.16. The highest BCUT2D eigenvalue weighted by atomic mass is 14.9. The number of rotatable bonds is 3. The Labute approximate surface area is 85.7 Å². The Morgan fingerprint density at radius 3 is 2.57 bits per heavy atom. The Kier molecular flexibility index (Phi) is 3.47. The zero-order chi connectivity index (χ0) is 10.7. The zero-order valence-electron chi connectivity index (χ0n) is 9.39. The minimum Gasteiger partial charge on any atom is -0.383 e. The van der Waals surface area contributed by atoms with Gasteiger partial charge in [-0.3, -0.25) is 4.98 Å². The van der Waals surface area contributed by atoms with Gasteiger partial charge in [0.2, 0.25) is 0 Å². The highest BCUT2D eigenvalue weighted by Crippen LogP contribution is 2.19. The highest BCUT2D eigenvalue weighted by molar-refractivity contribution is 5.54. The van der Waals surface area contributed by atoms with Gasteiger partial charge in [-0.05, 0) is 33.8 Å². The van der Waals surface area contributed by atoms with E-state index in [9.17, 15) is 0 Å². The number of nitrogens with one attached hydrogen (secondary N) is 1. The summed E-state index contributed by atoms with van der Waals surface area (Å²) < 4.78 is 0. The van der Waals surface area contributed by atoms with Crippen LogP contribution in [0.25, 0.3) is 0 Å². The number of nitrogens with two attached hydrogens (primary N) is 1. The molecule has 0 aliphatic heterocycles. The molecule has 0 aromatic carbocycles. The number of pyridine rings is 1. The van der Waals surface area contributed by atoms with Crippen LogP contribution in [0.3, 0.4) is 0 Å². The molecule has 0 bridgehead atoms. The molecule has 0 unspecified atom stereocenters. The van der Waals surface area contributed by atoms with E-state index in [2.05, 4.69) is 30.2 Å². The summed E-state index contributed by atoms with van der Waals surface area (Å²) in [5.41, 5.74) is 9.98. The number of nitrogens with zero attached hydrogens (tertiary/aromatic N) is 1. The van der Waals surface area contributed by atoms with Gasteiger partial charge in [0.15, 0.2) is 0 Å². The van der Waals surface area contributed by atoms with Crippen LogP contribution in [0.1, 0.15) is 30.8 Å². The maximum Gasteiger partial charge on any atom is 0.0441 e. The van der Waals surface area contributed by atoms with Crippen molar-refractivity contribution in [2.45, 2.75) is 40.3 Å². The van der Waals surface area contributed by atoms with Crippen molar-refractivity contribution in [1.29, 1.82) is 0 Å². The predicted molar refractivity (Wildman–Crippen MR) is 60.4 cm³/mol. The van der Waals surface area contributed by atoms with Crippen LogP contribution in [0.15, 0.2) is 6.07 Å². The summed E-state index contributed by atoms with van der Waals surface area (Å²) in [6.07, 6.45) is 0. The second-order valence-corrected chi connectivity index (χ2v) is 3.88. The lowest BCUT2D eigenvalue weighted by atomic mass is 10.1. The van der Waals surface area contributed by atoms with Gasteiger partial charge in [0.25, 0.3) is 0 Å². The monoisotopic (exact) mass is 193 g/mol. The SMILES string of the molecule is Cc1cc(NC(C)C)c(CN)c(C)n1. The first-order chi connectivity index (χ1) is 6.54. The Hall–Kier alpha value is -1.09. The second kappa shape index (κ2) is 4.42. The average molecular weight is 193 g/mol. The van der Waals surface area contributed by atoms with E-state index in [0.717, 1.165) is 22.6 Å². The molecule has 1 aromatic heterocycles. The molecule has 1 heterocycles. The first-order valence-corrected chi connectivity index (χ1v) is 4.98. The molecule has 0 aliphatic carbocycles. The first-order valence-electron chi connectivity index (χ1n) is 4.98. The molecule has 3 N–H and O–H groups in total. The Morgan fingerprint density at radius 2 is 2.07 bits per heavy atom. The maximum atomic E-state index is 5.70. The standard InChI is InChI=1S/C11H19N3/c1-7(2)13-11-5-8(3)14-9(4)10(11)6-12/h5,7H,6,12H2,1-4H3,(H,13,14). The van der Waals surface area contributed by atoms with Crippen molar-refractivity contribution >= 4 is 5.69 Å². The largest absolute Gasteiger partial charge is 0.383 e. The topological polar surface area (TPSA) is 50.9 Å². The van der Waals surface area contributed by atoms with Crippen molar-refractivity contribution in [2.24, 2.45) is 5.73 Å². The van der Waals surface area contributed by atoms with E-state index >= 15 is 0 Å². The molecule has 1 aromatic rings. The Morgan fingerprint density at radius 1 is 1.43 bits per heavy atom. The van der Waals surface area contributed by atoms with Crippen LogP contribution >= 0.6 is 0 Å². The quantitative estimate of drug-likeness (QED) is 0.771. The second-order valence-electron chi connectivity index (χ2n) is 3.88. The number of hydrogen-bond donors (Lipinski definition) is 2. The van der Waals surface area contributed by atoms with Crippen LogP contribution in [-0.4, -0.2) is 11.0 Å². The van der Waals surface area contributed by atoms with E-state index in [4.69, 9.17) is 5.73 Å². The van der Waals surface area contributed by atoms with Gasteiger partial charge in [0, 0.05) is 35.2 Å². The van der Waals surface area contributed by atoms with E-state index in [-0.39, 0.29) is 0 Å². The lowest BCUT2D eigenvalue weighted by molar-refractivity contribution is 0.883. The highest BCUT2D eigenvalue weighted by Gasteiger charge is 2.07. The van der Waals surface area contributed by atoms with Gasteiger partial charge in [0.1, 0.15) is 0 Å². The van der Waals surface area contributed by atoms with E-state index in [1.54, 1.807) is 0 Å². The van der Waals surface area contributed by atoms with E-state index < -0.39 is 0 Å². The molecular formula is C11H19N3. The fourth-order valence-electron chi connectivity index (χ4n) is 1.55. The van der Waals surface area contributed by atoms with E-state index in [1.165, 1.54) is 0 Å². The third-order valence-corrected chi connectivity index (χ3v) is 2.11. The molecule has 78 valence electrons. The summed E-state index contributed by atoms with van der Waals surface area (Å²) in [5, 5.41) is 3.39. The number of aryl methyl sites for hydroxylation is 2. The van der Waals surface area contributed by atoms with Crippen LogP contribution < -0.4 is 11.1 Å². The molecule has 0 saturated heterocycles. The van der Waals surface area contributed by atoms with Gasteiger partial charge in [-0.15, -0.1) is 0 Å². The van der Waals surface area contributed by atoms with E-state index in [1.807, 2.05) is 13.8 Å². The van der Waals surface area contributed by atoms with Crippen molar-refractivity contribution in [2.75, 3.05) is 5.32 Å². The van der Waals surface area contributed by atoms with Gasteiger partial charge in [-0.1, -0.05) is 0 Å². The summed E-state index contributed by atoms with van der Waals surface area (Å²) in [7, 11) is 0. The zero-order valence-corrected chi connectivity index (χ0v) is 9.39. The molecule has 0 spiro atoms. The predicted octanol–water partition coefficient (Wildman–Crippen LogP) is 1.98. The van der Waals surface area contributed by atoms with Crippen LogP contribution in [-0.2, 0) is 6.54 Å². The van der Waals surface area contributed by atoms with Crippen LogP contribution in [0.5, 0.6) is 0 Å². The van der Waals surface area contributed by atoms with E-state index in [0.29, 0.717) is 12.6 Å². The summed E-state index contributed by atoms with van der Waals surface area (Å²) in [5.74, 6) is 0. The molecule has 0 atom stereocenters. The van der Waals surface area contributed by atoms with Crippen LogP contribution in [0, 0.1) is 13.8 Å². The average Bonchev–Trinajstić information content (AvgIpc) is 2.01. The smallest absolute Gasteiger partial charge is 0.0441 e. The number of anilines is 1. The van der Waals surface area contributed by atoms with Crippen LogP contribution in [0.4, 0.5) is 5.69 Å². The lowest BCUT2D eigenvalue weighted by Crippen LogP contribution is -2.14. The molecule has 0 saturated carbocycles. The summed E-state index contributed by atoms with van der Waals surface area (Å²) in [4.78, 5) is 4.39. The maximum absolute atomic E-state index is 5.70. The fourth-order valence-corrected chi connectivity index (χ4v) is 1.55. The molecule has 14 heavy (non-hydrogen) atoms. The van der Waals surface area contributed by atoms with Gasteiger partial charge in [-0.2, -0.15) is 0 Å². The number of aromatic nitrogens is 1. The van der Waals surface area contributed by atoms with Gasteiger partial charge in [0.05, 0.1) is 0 Å². The number of hydrogen-bond acceptors (Lipinski definition) is 3. The molecule has 0 amide bonds. The molecule has 0 aliphatic rings. The Balaban J connectivity index is 3.11. The molecule has 3 heteroatoms. The van der Waals surface area contributed by atoms with Gasteiger partial charge in [-0.25, -0.2) is 0 Å². The minimum absolute atomic E-state index is 0.418. The molecule has 1 rings (SSSR count). The van der Waals surface area contributed by atoms with Crippen molar-refractivity contribution in [3.8, 4) is 0 Å². The first kappa shape index (κ1) is 11.0. The molecule has 0 radical (unpaired) electrons. The minimum atomic E-state index is 0.418. The molecule has 3 nitrogen and oxygen atoms in total. The molecule has 0 fully saturated rings. The summed E-state index contributed by atoms with van der Waals surface area (Å²) in [6, 6.07) is 2.47. The van der Waals surface area contributed by atoms with Crippen molar-refractivity contribution < 1.29 is 0 Å². The van der Waals surface area contributed by atoms with Gasteiger partial charge >= 0.3 is 0 Å². The molecular weight excluding hydrogens is 174 g/mol. The Bertz CT molecular complexity index is 319. The third kappa shape index (κ3) is 2.45. The fraction of sp³-hybridized carbons (Fsp3) is 0.545. The third-order valence-electron chi connectivity index (χ3n) is 2.11.